The maximum Gasteiger partial charge on any atom is 0.251 e. The Balaban J connectivity index is 1.77. The van der Waals surface area contributed by atoms with Gasteiger partial charge < -0.3 is 14.8 Å². The Kier molecular flexibility index (Phi) is 8.17. The topological polar surface area (TPSA) is 84.9 Å². The Morgan fingerprint density at radius 3 is 2.21 bits per heavy atom. The Labute approximate surface area is 201 Å². The van der Waals surface area contributed by atoms with Crippen LogP contribution in [0, 0.1) is 0 Å². The lowest BCUT2D eigenvalue weighted by molar-refractivity contribution is 0.0939. The van der Waals surface area contributed by atoms with E-state index < -0.39 is 10.0 Å². The molecule has 0 aliphatic carbocycles. The third-order valence-electron chi connectivity index (χ3n) is 5.33. The number of carbonyl (C=O) groups is 1. The van der Waals surface area contributed by atoms with Gasteiger partial charge in [-0.2, -0.15) is 0 Å². The molecule has 0 saturated carbocycles. The van der Waals surface area contributed by atoms with E-state index in [-0.39, 0.29) is 18.5 Å². The highest BCUT2D eigenvalue weighted by molar-refractivity contribution is 7.92. The summed E-state index contributed by atoms with van der Waals surface area (Å²) >= 11 is 0. The van der Waals surface area contributed by atoms with Gasteiger partial charge in [-0.3, -0.25) is 9.10 Å². The van der Waals surface area contributed by atoms with Gasteiger partial charge in [0.2, 0.25) is 10.0 Å². The maximum absolute atomic E-state index is 12.8. The number of para-hydroxylation sites is 3. The van der Waals surface area contributed by atoms with Crippen LogP contribution < -0.4 is 19.1 Å². The SMILES string of the molecule is CCOc1ccccc1N(Cc1ccc(C(=O)NC(C)c2ccccc2OC)cc1)S(C)(=O)=O. The summed E-state index contributed by atoms with van der Waals surface area (Å²) < 4.78 is 37.5. The van der Waals surface area contributed by atoms with Crippen molar-refractivity contribution in [2.24, 2.45) is 0 Å². The summed E-state index contributed by atoms with van der Waals surface area (Å²) in [6.07, 6.45) is 1.16. The van der Waals surface area contributed by atoms with Crippen LogP contribution in [0.3, 0.4) is 0 Å². The molecule has 0 fully saturated rings. The minimum atomic E-state index is -3.57. The van der Waals surface area contributed by atoms with Crippen molar-refractivity contribution in [3.63, 3.8) is 0 Å². The molecule has 1 amide bonds. The Hall–Kier alpha value is -3.52. The van der Waals surface area contributed by atoms with Crippen LogP contribution in [0.4, 0.5) is 5.69 Å². The second-order valence-electron chi connectivity index (χ2n) is 7.80. The molecule has 3 rings (SSSR count). The number of nitrogens with one attached hydrogen (secondary N) is 1. The van der Waals surface area contributed by atoms with Gasteiger partial charge in [0.05, 0.1) is 38.2 Å². The average molecular weight is 483 g/mol. The van der Waals surface area contributed by atoms with Gasteiger partial charge in [-0.25, -0.2) is 8.42 Å². The van der Waals surface area contributed by atoms with Crippen molar-refractivity contribution in [3.8, 4) is 11.5 Å². The first-order valence-electron chi connectivity index (χ1n) is 11.0. The molecule has 0 aromatic heterocycles. The van der Waals surface area contributed by atoms with Crippen LogP contribution >= 0.6 is 0 Å². The quantitative estimate of drug-likeness (QED) is 0.458. The number of sulfonamides is 1. The molecular weight excluding hydrogens is 452 g/mol. The molecule has 0 radical (unpaired) electrons. The van der Waals surface area contributed by atoms with Crippen LogP contribution in [-0.2, 0) is 16.6 Å². The van der Waals surface area contributed by atoms with Crippen molar-refractivity contribution in [1.82, 2.24) is 5.32 Å². The standard InChI is InChI=1S/C26H30N2O5S/c1-5-33-25-13-9-7-11-23(25)28(34(4,30)31)18-20-14-16-21(17-15-20)26(29)27-19(2)22-10-6-8-12-24(22)32-3/h6-17,19H,5,18H2,1-4H3,(H,27,29). The summed E-state index contributed by atoms with van der Waals surface area (Å²) in [4.78, 5) is 12.8. The molecule has 0 saturated heterocycles. The molecule has 0 heterocycles. The van der Waals surface area contributed by atoms with E-state index in [0.29, 0.717) is 29.4 Å². The summed E-state index contributed by atoms with van der Waals surface area (Å²) in [5, 5.41) is 2.98. The zero-order valence-corrected chi connectivity index (χ0v) is 20.6. The Bertz CT molecular complexity index is 1230. The van der Waals surface area contributed by atoms with Crippen molar-refractivity contribution in [3.05, 3.63) is 89.5 Å². The second kappa shape index (κ2) is 11.1. The molecule has 0 spiro atoms. The maximum atomic E-state index is 12.8. The van der Waals surface area contributed by atoms with Crippen LogP contribution in [0.5, 0.6) is 11.5 Å². The number of hydrogen-bond acceptors (Lipinski definition) is 5. The predicted octanol–water partition coefficient (Wildman–Crippen LogP) is 4.55. The zero-order valence-electron chi connectivity index (χ0n) is 19.8. The summed E-state index contributed by atoms with van der Waals surface area (Å²) in [7, 11) is -1.98. The molecule has 3 aromatic rings. The van der Waals surface area contributed by atoms with Crippen molar-refractivity contribution in [1.29, 1.82) is 0 Å². The fourth-order valence-electron chi connectivity index (χ4n) is 3.63. The van der Waals surface area contributed by atoms with Gasteiger partial charge >= 0.3 is 0 Å². The Morgan fingerprint density at radius 1 is 0.971 bits per heavy atom. The molecular formula is C26H30N2O5S. The second-order valence-corrected chi connectivity index (χ2v) is 9.71. The summed E-state index contributed by atoms with van der Waals surface area (Å²) in [6, 6.07) is 21.2. The zero-order chi connectivity index (χ0) is 24.7. The molecule has 34 heavy (non-hydrogen) atoms. The van der Waals surface area contributed by atoms with Crippen molar-refractivity contribution in [2.45, 2.75) is 26.4 Å². The van der Waals surface area contributed by atoms with Gasteiger partial charge in [0.15, 0.2) is 0 Å². The summed E-state index contributed by atoms with van der Waals surface area (Å²) in [6.45, 7) is 4.28. The van der Waals surface area contributed by atoms with Gasteiger partial charge in [0.25, 0.3) is 5.91 Å². The normalized spacial score (nSPS) is 12.0. The number of carbonyl (C=O) groups excluding carboxylic acids is 1. The van der Waals surface area contributed by atoms with E-state index in [1.165, 1.54) is 4.31 Å². The van der Waals surface area contributed by atoms with Crippen LogP contribution in [0.1, 0.15) is 41.4 Å². The molecule has 180 valence electrons. The van der Waals surface area contributed by atoms with Crippen molar-refractivity contribution >= 4 is 21.6 Å². The van der Waals surface area contributed by atoms with E-state index in [9.17, 15) is 13.2 Å². The van der Waals surface area contributed by atoms with Gasteiger partial charge in [0.1, 0.15) is 11.5 Å². The lowest BCUT2D eigenvalue weighted by atomic mass is 10.1. The lowest BCUT2D eigenvalue weighted by Crippen LogP contribution is -2.30. The minimum Gasteiger partial charge on any atom is -0.496 e. The van der Waals surface area contributed by atoms with Gasteiger partial charge in [-0.1, -0.05) is 42.5 Å². The molecule has 0 aliphatic heterocycles. The molecule has 1 unspecified atom stereocenters. The number of anilines is 1. The first-order chi connectivity index (χ1) is 16.2. The molecule has 3 aromatic carbocycles. The molecule has 0 aliphatic rings. The number of ether oxygens (including phenoxy) is 2. The van der Waals surface area contributed by atoms with Crippen molar-refractivity contribution < 1.29 is 22.7 Å². The average Bonchev–Trinajstić information content (AvgIpc) is 2.83. The lowest BCUT2D eigenvalue weighted by Gasteiger charge is -2.24. The number of methoxy groups -OCH3 is 1. The van der Waals surface area contributed by atoms with E-state index >= 15 is 0 Å². The van der Waals surface area contributed by atoms with Crippen LogP contribution in [-0.4, -0.2) is 34.3 Å². The molecule has 0 bridgehead atoms. The van der Waals surface area contributed by atoms with E-state index in [1.807, 2.05) is 38.1 Å². The monoisotopic (exact) mass is 482 g/mol. The van der Waals surface area contributed by atoms with Crippen LogP contribution in [0.25, 0.3) is 0 Å². The number of amides is 1. The van der Waals surface area contributed by atoms with Gasteiger partial charge in [0, 0.05) is 11.1 Å². The number of nitrogens with zero attached hydrogens (tertiary/aromatic N) is 1. The van der Waals surface area contributed by atoms with E-state index in [4.69, 9.17) is 9.47 Å². The van der Waals surface area contributed by atoms with Crippen LogP contribution in [0.15, 0.2) is 72.8 Å². The summed E-state index contributed by atoms with van der Waals surface area (Å²) in [5.41, 5.74) is 2.57. The molecule has 7 nitrogen and oxygen atoms in total. The van der Waals surface area contributed by atoms with Gasteiger partial charge in [-0.05, 0) is 49.7 Å². The van der Waals surface area contributed by atoms with Crippen LogP contribution in [0.2, 0.25) is 0 Å². The first-order valence-corrected chi connectivity index (χ1v) is 12.8. The highest BCUT2D eigenvalue weighted by Gasteiger charge is 2.22. The fraction of sp³-hybridized carbons (Fsp3) is 0.269. The molecule has 1 atom stereocenters. The number of benzene rings is 3. The summed E-state index contributed by atoms with van der Waals surface area (Å²) in [5.74, 6) is 0.974. The highest BCUT2D eigenvalue weighted by Crippen LogP contribution is 2.31. The fourth-order valence-corrected chi connectivity index (χ4v) is 4.52. The molecule has 1 N–H and O–H groups in total. The highest BCUT2D eigenvalue weighted by atomic mass is 32.2. The van der Waals surface area contributed by atoms with E-state index in [1.54, 1.807) is 55.6 Å². The van der Waals surface area contributed by atoms with E-state index in [2.05, 4.69) is 5.32 Å². The molecule has 8 heteroatoms. The smallest absolute Gasteiger partial charge is 0.251 e. The van der Waals surface area contributed by atoms with Gasteiger partial charge in [-0.15, -0.1) is 0 Å². The van der Waals surface area contributed by atoms with Crippen molar-refractivity contribution in [2.75, 3.05) is 24.3 Å². The Morgan fingerprint density at radius 2 is 1.59 bits per heavy atom. The predicted molar refractivity (Wildman–Crippen MR) is 134 cm³/mol. The third kappa shape index (κ3) is 6.08. The largest absolute Gasteiger partial charge is 0.496 e. The third-order valence-corrected chi connectivity index (χ3v) is 6.46. The minimum absolute atomic E-state index is 0.114. The van der Waals surface area contributed by atoms with E-state index in [0.717, 1.165) is 17.4 Å². The number of rotatable bonds is 10. The number of hydrogen-bond donors (Lipinski definition) is 1. The first kappa shape index (κ1) is 25.1.